The monoisotopic (exact) mass is 319 g/mol. The summed E-state index contributed by atoms with van der Waals surface area (Å²) in [6, 6.07) is 1.18. The number of nitrogens with zero attached hydrogens (tertiary/aromatic N) is 4. The van der Waals surface area contributed by atoms with E-state index < -0.39 is 5.97 Å². The summed E-state index contributed by atoms with van der Waals surface area (Å²) in [5.74, 6) is 0.290. The number of carbonyl (C=O) groups is 1. The molecule has 0 spiro atoms. The van der Waals surface area contributed by atoms with Crippen molar-refractivity contribution in [2.75, 3.05) is 30.8 Å². The average molecular weight is 319 g/mol. The van der Waals surface area contributed by atoms with Crippen LogP contribution in [-0.2, 0) is 11.2 Å². The van der Waals surface area contributed by atoms with Crippen LogP contribution in [-0.4, -0.2) is 58.2 Å². The molecule has 2 bridgehead atoms. The molecule has 2 saturated heterocycles. The normalized spacial score (nSPS) is 24.7. The maximum Gasteiger partial charge on any atom is 0.303 e. The zero-order chi connectivity index (χ0) is 16.6. The van der Waals surface area contributed by atoms with Crippen LogP contribution >= 0.6 is 0 Å². The minimum atomic E-state index is -0.804. The zero-order valence-corrected chi connectivity index (χ0v) is 13.8. The lowest BCUT2D eigenvalue weighted by Gasteiger charge is -2.28. The number of aryl methyl sites for hydroxylation is 1. The topological polar surface area (TPSA) is 95.6 Å². The fourth-order valence-corrected chi connectivity index (χ4v) is 3.89. The van der Waals surface area contributed by atoms with Crippen molar-refractivity contribution in [2.45, 2.75) is 51.1 Å². The van der Waals surface area contributed by atoms with E-state index in [1.54, 1.807) is 0 Å². The number of fused-ring (bicyclic) bond motifs is 2. The molecule has 0 aliphatic carbocycles. The minimum absolute atomic E-state index is 0.0842. The maximum absolute atomic E-state index is 11.0. The summed E-state index contributed by atoms with van der Waals surface area (Å²) in [6.45, 7) is 3.74. The molecule has 3 heterocycles. The van der Waals surface area contributed by atoms with Gasteiger partial charge in [0.25, 0.3) is 0 Å². The van der Waals surface area contributed by atoms with Crippen LogP contribution in [0.5, 0.6) is 0 Å². The second kappa shape index (κ2) is 6.31. The Labute approximate surface area is 136 Å². The standard InChI is InChI=1S/C16H25N5O2/c1-10-13(5-6-14(22)23)15(19-16(17)18-10)21-8-7-11-3-4-12(9-21)20(11)2/h11-12H,3-9H2,1-2H3,(H,22,23)(H2,17,18,19)/t11-,12+/m1/s1. The number of anilines is 2. The first-order valence-electron chi connectivity index (χ1n) is 8.27. The Morgan fingerprint density at radius 3 is 2.78 bits per heavy atom. The molecule has 0 saturated carbocycles. The van der Waals surface area contributed by atoms with Gasteiger partial charge >= 0.3 is 5.97 Å². The number of aliphatic carboxylic acids is 1. The van der Waals surface area contributed by atoms with Crippen molar-refractivity contribution >= 4 is 17.7 Å². The summed E-state index contributed by atoms with van der Waals surface area (Å²) < 4.78 is 0. The van der Waals surface area contributed by atoms with Gasteiger partial charge in [-0.2, -0.15) is 4.98 Å². The molecule has 23 heavy (non-hydrogen) atoms. The molecule has 0 aromatic carbocycles. The van der Waals surface area contributed by atoms with Gasteiger partial charge in [-0.05, 0) is 39.7 Å². The van der Waals surface area contributed by atoms with Gasteiger partial charge in [0, 0.05) is 42.9 Å². The molecule has 1 aromatic heterocycles. The number of rotatable bonds is 4. The second-order valence-corrected chi connectivity index (χ2v) is 6.65. The van der Waals surface area contributed by atoms with E-state index in [1.807, 2.05) is 6.92 Å². The van der Waals surface area contributed by atoms with Crippen molar-refractivity contribution in [1.82, 2.24) is 14.9 Å². The van der Waals surface area contributed by atoms with Crippen LogP contribution < -0.4 is 10.6 Å². The van der Waals surface area contributed by atoms with Gasteiger partial charge in [0.2, 0.25) is 5.95 Å². The summed E-state index contributed by atoms with van der Waals surface area (Å²) in [7, 11) is 2.21. The van der Waals surface area contributed by atoms with Crippen LogP contribution in [0.1, 0.15) is 36.9 Å². The van der Waals surface area contributed by atoms with Crippen LogP contribution in [0, 0.1) is 6.92 Å². The molecular weight excluding hydrogens is 294 g/mol. The minimum Gasteiger partial charge on any atom is -0.481 e. The highest BCUT2D eigenvalue weighted by Crippen LogP contribution is 2.32. The van der Waals surface area contributed by atoms with Crippen LogP contribution in [0.25, 0.3) is 0 Å². The van der Waals surface area contributed by atoms with Gasteiger partial charge < -0.3 is 15.7 Å². The Morgan fingerprint density at radius 1 is 1.30 bits per heavy atom. The molecule has 2 atom stereocenters. The fourth-order valence-electron chi connectivity index (χ4n) is 3.89. The van der Waals surface area contributed by atoms with Gasteiger partial charge in [-0.3, -0.25) is 9.69 Å². The quantitative estimate of drug-likeness (QED) is 0.856. The molecule has 7 heteroatoms. The highest BCUT2D eigenvalue weighted by Gasteiger charge is 2.35. The van der Waals surface area contributed by atoms with Gasteiger partial charge in [0.1, 0.15) is 5.82 Å². The van der Waals surface area contributed by atoms with Crippen molar-refractivity contribution < 1.29 is 9.90 Å². The first-order valence-corrected chi connectivity index (χ1v) is 8.27. The summed E-state index contributed by atoms with van der Waals surface area (Å²) in [6.07, 6.45) is 4.11. The van der Waals surface area contributed by atoms with E-state index in [1.165, 1.54) is 12.8 Å². The third-order valence-corrected chi connectivity index (χ3v) is 5.25. The molecule has 0 radical (unpaired) electrons. The lowest BCUT2D eigenvalue weighted by atomic mass is 10.1. The molecular formula is C16H25N5O2. The molecule has 7 nitrogen and oxygen atoms in total. The molecule has 1 aromatic rings. The number of nitrogen functional groups attached to an aromatic ring is 1. The van der Waals surface area contributed by atoms with Gasteiger partial charge in [-0.25, -0.2) is 4.98 Å². The third kappa shape index (κ3) is 3.24. The highest BCUT2D eigenvalue weighted by atomic mass is 16.4. The van der Waals surface area contributed by atoms with Crippen LogP contribution in [0.2, 0.25) is 0 Å². The van der Waals surface area contributed by atoms with Gasteiger partial charge in [0.05, 0.1) is 0 Å². The van der Waals surface area contributed by atoms with Gasteiger partial charge in [0.15, 0.2) is 0 Å². The lowest BCUT2D eigenvalue weighted by molar-refractivity contribution is -0.136. The number of likely N-dealkylation sites (N-methyl/N-ethyl adjacent to an activating group) is 1. The number of hydrogen-bond donors (Lipinski definition) is 2. The number of aromatic nitrogens is 2. The Bertz CT molecular complexity index is 606. The fraction of sp³-hybridized carbons (Fsp3) is 0.688. The molecule has 3 rings (SSSR count). The molecule has 0 amide bonds. The lowest BCUT2D eigenvalue weighted by Crippen LogP contribution is -2.37. The predicted molar refractivity (Wildman–Crippen MR) is 88.5 cm³/mol. The summed E-state index contributed by atoms with van der Waals surface area (Å²) in [4.78, 5) is 24.4. The van der Waals surface area contributed by atoms with E-state index in [9.17, 15) is 4.79 Å². The smallest absolute Gasteiger partial charge is 0.303 e. The second-order valence-electron chi connectivity index (χ2n) is 6.65. The van der Waals surface area contributed by atoms with Crippen LogP contribution in [0.4, 0.5) is 11.8 Å². The van der Waals surface area contributed by atoms with Crippen molar-refractivity contribution in [2.24, 2.45) is 0 Å². The van der Waals surface area contributed by atoms with Crippen LogP contribution in [0.3, 0.4) is 0 Å². The molecule has 2 aliphatic rings. The van der Waals surface area contributed by atoms with Crippen molar-refractivity contribution in [1.29, 1.82) is 0 Å². The van der Waals surface area contributed by atoms with E-state index in [4.69, 9.17) is 10.8 Å². The Balaban J connectivity index is 1.90. The molecule has 126 valence electrons. The number of carboxylic acid groups (broad SMARTS) is 1. The van der Waals surface area contributed by atoms with Crippen LogP contribution in [0.15, 0.2) is 0 Å². The summed E-state index contributed by atoms with van der Waals surface area (Å²) >= 11 is 0. The Kier molecular flexibility index (Phi) is 4.39. The molecule has 2 aliphatic heterocycles. The zero-order valence-electron chi connectivity index (χ0n) is 13.8. The predicted octanol–water partition coefficient (Wildman–Crippen LogP) is 1.06. The largest absolute Gasteiger partial charge is 0.481 e. The van der Waals surface area contributed by atoms with Crippen molar-refractivity contribution in [3.8, 4) is 0 Å². The van der Waals surface area contributed by atoms with Crippen molar-refractivity contribution in [3.63, 3.8) is 0 Å². The highest BCUT2D eigenvalue weighted by molar-refractivity contribution is 5.68. The number of hydrogen-bond acceptors (Lipinski definition) is 6. The summed E-state index contributed by atoms with van der Waals surface area (Å²) in [5, 5.41) is 9.00. The number of carboxylic acids is 1. The number of nitrogens with two attached hydrogens (primary N) is 1. The molecule has 3 N–H and O–H groups in total. The maximum atomic E-state index is 11.0. The first-order chi connectivity index (χ1) is 11.0. The van der Waals surface area contributed by atoms with Gasteiger partial charge in [-0.1, -0.05) is 0 Å². The molecule has 0 unspecified atom stereocenters. The first kappa shape index (κ1) is 16.0. The van der Waals surface area contributed by atoms with Crippen molar-refractivity contribution in [3.05, 3.63) is 11.3 Å². The van der Waals surface area contributed by atoms with E-state index in [0.717, 1.165) is 36.6 Å². The summed E-state index contributed by atoms with van der Waals surface area (Å²) in [5.41, 5.74) is 7.56. The van der Waals surface area contributed by atoms with Gasteiger partial charge in [-0.15, -0.1) is 0 Å². The Morgan fingerprint density at radius 2 is 2.04 bits per heavy atom. The average Bonchev–Trinajstić information content (AvgIpc) is 2.70. The van der Waals surface area contributed by atoms with E-state index in [0.29, 0.717) is 18.5 Å². The van der Waals surface area contributed by atoms with E-state index in [2.05, 4.69) is 26.8 Å². The SMILES string of the molecule is Cc1nc(N)nc(N2CC[C@H]3CC[C@@H](C2)N3C)c1CCC(=O)O. The van der Waals surface area contributed by atoms with E-state index >= 15 is 0 Å². The molecule has 2 fully saturated rings. The third-order valence-electron chi connectivity index (χ3n) is 5.25. The Hall–Kier alpha value is -1.89. The van der Waals surface area contributed by atoms with E-state index in [-0.39, 0.29) is 12.4 Å².